The molecule has 1 heterocycles. The Morgan fingerprint density at radius 1 is 1.45 bits per heavy atom. The van der Waals surface area contributed by atoms with E-state index in [0.717, 1.165) is 0 Å². The number of ether oxygens (including phenoxy) is 1. The first-order valence-electron chi connectivity index (χ1n) is 6.27. The number of carbonyl (C=O) groups excluding carboxylic acids is 2. The van der Waals surface area contributed by atoms with Crippen LogP contribution in [0.15, 0.2) is 24.3 Å². The fourth-order valence-corrected chi connectivity index (χ4v) is 1.98. The third kappa shape index (κ3) is 4.03. The van der Waals surface area contributed by atoms with E-state index >= 15 is 0 Å². The number of nitrogens with zero attached hydrogens (tertiary/aromatic N) is 1. The summed E-state index contributed by atoms with van der Waals surface area (Å²) in [6.07, 6.45) is 0.105. The molecule has 2 rings (SSSR count). The zero-order chi connectivity index (χ0) is 14.5. The number of cyclic esters (lactones) is 1. The minimum Gasteiger partial charge on any atom is -0.444 e. The zero-order valence-electron chi connectivity index (χ0n) is 11.1. The van der Waals surface area contributed by atoms with Gasteiger partial charge in [0.2, 0.25) is 0 Å². The number of hydrogen-bond donors (Lipinski definition) is 2. The topological polar surface area (TPSA) is 70.7 Å². The number of carbonyl (C=O) groups is 2. The lowest BCUT2D eigenvalue weighted by Gasteiger charge is -2.10. The van der Waals surface area contributed by atoms with Gasteiger partial charge in [0, 0.05) is 30.7 Å². The van der Waals surface area contributed by atoms with Crippen LogP contribution in [-0.2, 0) is 4.74 Å². The van der Waals surface area contributed by atoms with Crippen molar-refractivity contribution in [2.45, 2.75) is 12.5 Å². The quantitative estimate of drug-likeness (QED) is 0.896. The van der Waals surface area contributed by atoms with Crippen molar-refractivity contribution in [3.8, 4) is 0 Å². The van der Waals surface area contributed by atoms with Crippen LogP contribution in [0.3, 0.4) is 0 Å². The minimum atomic E-state index is -0.319. The second-order valence-electron chi connectivity index (χ2n) is 4.56. The van der Waals surface area contributed by atoms with Crippen LogP contribution in [0.1, 0.15) is 6.42 Å². The van der Waals surface area contributed by atoms with Crippen molar-refractivity contribution in [3.05, 3.63) is 29.3 Å². The van der Waals surface area contributed by atoms with E-state index in [1.54, 1.807) is 31.3 Å². The largest absolute Gasteiger partial charge is 0.444 e. The molecule has 1 fully saturated rings. The number of halogens is 1. The predicted molar refractivity (Wildman–Crippen MR) is 76.0 cm³/mol. The molecule has 7 heteroatoms. The van der Waals surface area contributed by atoms with Crippen LogP contribution in [0.5, 0.6) is 0 Å². The van der Waals surface area contributed by atoms with Crippen LogP contribution in [0.25, 0.3) is 0 Å². The summed E-state index contributed by atoms with van der Waals surface area (Å²) in [5, 5.41) is 6.01. The number of urea groups is 1. The third-order valence-corrected chi connectivity index (χ3v) is 3.16. The molecule has 0 radical (unpaired) electrons. The highest BCUT2D eigenvalue weighted by Crippen LogP contribution is 2.13. The van der Waals surface area contributed by atoms with E-state index in [1.807, 2.05) is 0 Å². The molecule has 0 spiro atoms. The lowest BCUT2D eigenvalue weighted by atomic mass is 10.2. The molecule has 108 valence electrons. The molecule has 3 amide bonds. The summed E-state index contributed by atoms with van der Waals surface area (Å²) < 4.78 is 5.09. The molecule has 1 aliphatic rings. The van der Waals surface area contributed by atoms with Gasteiger partial charge in [0.1, 0.15) is 6.10 Å². The van der Waals surface area contributed by atoms with Crippen LogP contribution in [0, 0.1) is 0 Å². The van der Waals surface area contributed by atoms with E-state index in [-0.39, 0.29) is 18.2 Å². The highest BCUT2D eigenvalue weighted by atomic mass is 35.5. The summed E-state index contributed by atoms with van der Waals surface area (Å²) in [7, 11) is 1.68. The van der Waals surface area contributed by atoms with E-state index in [9.17, 15) is 9.59 Å². The Kier molecular flexibility index (Phi) is 4.68. The molecule has 1 aromatic carbocycles. The number of rotatable bonds is 4. The predicted octanol–water partition coefficient (Wildman–Crippen LogP) is 2.30. The first-order chi connectivity index (χ1) is 9.54. The molecule has 0 aliphatic carbocycles. The molecule has 1 atom stereocenters. The van der Waals surface area contributed by atoms with Crippen molar-refractivity contribution in [2.24, 2.45) is 0 Å². The van der Waals surface area contributed by atoms with Crippen molar-refractivity contribution < 1.29 is 14.3 Å². The maximum atomic E-state index is 11.6. The SMILES string of the molecule is CN1CC(CCNC(=O)Nc2ccc(Cl)cc2)OC1=O. The number of anilines is 1. The van der Waals surface area contributed by atoms with Gasteiger partial charge in [0.25, 0.3) is 0 Å². The lowest BCUT2D eigenvalue weighted by Crippen LogP contribution is -2.32. The molecule has 0 aromatic heterocycles. The molecular weight excluding hydrogens is 282 g/mol. The Bertz CT molecular complexity index is 492. The van der Waals surface area contributed by atoms with Gasteiger partial charge >= 0.3 is 12.1 Å². The Morgan fingerprint density at radius 2 is 2.15 bits per heavy atom. The molecule has 0 bridgehead atoms. The summed E-state index contributed by atoms with van der Waals surface area (Å²) in [6, 6.07) is 6.53. The van der Waals surface area contributed by atoms with E-state index in [4.69, 9.17) is 16.3 Å². The average Bonchev–Trinajstić information content (AvgIpc) is 2.71. The van der Waals surface area contributed by atoms with Gasteiger partial charge in [0.15, 0.2) is 0 Å². The molecule has 1 aromatic rings. The van der Waals surface area contributed by atoms with Crippen molar-refractivity contribution in [3.63, 3.8) is 0 Å². The normalized spacial score (nSPS) is 17.8. The zero-order valence-corrected chi connectivity index (χ0v) is 11.8. The highest BCUT2D eigenvalue weighted by molar-refractivity contribution is 6.30. The number of hydrogen-bond acceptors (Lipinski definition) is 3. The van der Waals surface area contributed by atoms with Crippen molar-refractivity contribution in [1.29, 1.82) is 0 Å². The first kappa shape index (κ1) is 14.5. The smallest absolute Gasteiger partial charge is 0.409 e. The second kappa shape index (κ2) is 6.47. The Morgan fingerprint density at radius 3 is 2.75 bits per heavy atom. The highest BCUT2D eigenvalue weighted by Gasteiger charge is 2.27. The Balaban J connectivity index is 1.68. The van der Waals surface area contributed by atoms with Gasteiger partial charge in [-0.2, -0.15) is 0 Å². The van der Waals surface area contributed by atoms with E-state index < -0.39 is 0 Å². The standard InChI is InChI=1S/C13H16ClN3O3/c1-17-8-11(20-13(17)19)6-7-15-12(18)16-10-4-2-9(14)3-5-10/h2-5,11H,6-8H2,1H3,(H2,15,16,18). The summed E-state index contributed by atoms with van der Waals surface area (Å²) >= 11 is 5.75. The monoisotopic (exact) mass is 297 g/mol. The number of likely N-dealkylation sites (N-methyl/N-ethyl adjacent to an activating group) is 1. The minimum absolute atomic E-state index is 0.164. The van der Waals surface area contributed by atoms with Crippen molar-refractivity contribution >= 4 is 29.4 Å². The van der Waals surface area contributed by atoms with Crippen LogP contribution >= 0.6 is 11.6 Å². The maximum Gasteiger partial charge on any atom is 0.409 e. The fourth-order valence-electron chi connectivity index (χ4n) is 1.86. The van der Waals surface area contributed by atoms with Gasteiger partial charge < -0.3 is 20.3 Å². The molecule has 1 unspecified atom stereocenters. The van der Waals surface area contributed by atoms with Gasteiger partial charge in [-0.1, -0.05) is 11.6 Å². The molecular formula is C13H16ClN3O3. The Hall–Kier alpha value is -1.95. The van der Waals surface area contributed by atoms with E-state index in [2.05, 4.69) is 10.6 Å². The fraction of sp³-hybridized carbons (Fsp3) is 0.385. The molecule has 6 nitrogen and oxygen atoms in total. The van der Waals surface area contributed by atoms with Crippen molar-refractivity contribution in [2.75, 3.05) is 25.5 Å². The van der Waals surface area contributed by atoms with Gasteiger partial charge in [-0.05, 0) is 24.3 Å². The molecule has 2 N–H and O–H groups in total. The summed E-state index contributed by atoms with van der Waals surface area (Å²) in [5.41, 5.74) is 0.666. The average molecular weight is 298 g/mol. The van der Waals surface area contributed by atoms with Crippen molar-refractivity contribution in [1.82, 2.24) is 10.2 Å². The molecule has 0 saturated carbocycles. The van der Waals surface area contributed by atoms with E-state index in [1.165, 1.54) is 4.90 Å². The summed E-state index contributed by atoms with van der Waals surface area (Å²) in [4.78, 5) is 24.3. The number of benzene rings is 1. The third-order valence-electron chi connectivity index (χ3n) is 2.91. The first-order valence-corrected chi connectivity index (χ1v) is 6.64. The van der Waals surface area contributed by atoms with E-state index in [0.29, 0.717) is 30.2 Å². The number of nitrogens with one attached hydrogen (secondary N) is 2. The second-order valence-corrected chi connectivity index (χ2v) is 5.00. The number of amides is 3. The van der Waals surface area contributed by atoms with Gasteiger partial charge in [-0.3, -0.25) is 0 Å². The Labute approximate surface area is 122 Å². The molecule has 1 saturated heterocycles. The summed E-state index contributed by atoms with van der Waals surface area (Å²) in [6.45, 7) is 0.991. The van der Waals surface area contributed by atoms with Gasteiger partial charge in [-0.25, -0.2) is 9.59 Å². The molecule has 20 heavy (non-hydrogen) atoms. The molecule has 1 aliphatic heterocycles. The van der Waals surface area contributed by atoms with Crippen LogP contribution in [0.2, 0.25) is 5.02 Å². The van der Waals surface area contributed by atoms with Crippen LogP contribution in [-0.4, -0.2) is 43.3 Å². The lowest BCUT2D eigenvalue weighted by molar-refractivity contribution is 0.131. The van der Waals surface area contributed by atoms with Crippen LogP contribution < -0.4 is 10.6 Å². The summed E-state index contributed by atoms with van der Waals surface area (Å²) in [5.74, 6) is 0. The van der Waals surface area contributed by atoms with Gasteiger partial charge in [0.05, 0.1) is 6.54 Å². The van der Waals surface area contributed by atoms with Crippen LogP contribution in [0.4, 0.5) is 15.3 Å². The van der Waals surface area contributed by atoms with Gasteiger partial charge in [-0.15, -0.1) is 0 Å². The maximum absolute atomic E-state index is 11.6.